The molecule has 3 heteroatoms. The number of esters is 1. The van der Waals surface area contributed by atoms with Gasteiger partial charge in [0.1, 0.15) is 0 Å². The highest BCUT2D eigenvalue weighted by atomic mass is 31.0. The summed E-state index contributed by atoms with van der Waals surface area (Å²) in [6.45, 7) is 0. The number of carbonyl (C=O) groups is 1. The molecule has 12 heavy (non-hydrogen) atoms. The van der Waals surface area contributed by atoms with E-state index in [1.807, 2.05) is 12.1 Å². The van der Waals surface area contributed by atoms with Gasteiger partial charge in [0.2, 0.25) is 0 Å². The topological polar surface area (TPSA) is 26.3 Å². The van der Waals surface area contributed by atoms with E-state index in [9.17, 15) is 4.79 Å². The van der Waals surface area contributed by atoms with Crippen molar-refractivity contribution in [2.45, 2.75) is 6.16 Å². The molecule has 1 rings (SSSR count). The normalized spacial score (nSPS) is 9.50. The lowest BCUT2D eigenvalue weighted by atomic mass is 10.1. The average molecular weight is 182 g/mol. The van der Waals surface area contributed by atoms with E-state index in [4.69, 9.17) is 0 Å². The van der Waals surface area contributed by atoms with E-state index < -0.39 is 0 Å². The van der Waals surface area contributed by atoms with E-state index >= 15 is 0 Å². The van der Waals surface area contributed by atoms with Crippen molar-refractivity contribution in [1.29, 1.82) is 0 Å². The van der Waals surface area contributed by atoms with Crippen LogP contribution >= 0.6 is 9.24 Å². The zero-order valence-corrected chi connectivity index (χ0v) is 8.07. The van der Waals surface area contributed by atoms with Crippen molar-refractivity contribution in [1.82, 2.24) is 0 Å². The minimum absolute atomic E-state index is 0.287. The van der Waals surface area contributed by atoms with Gasteiger partial charge in [0.25, 0.3) is 0 Å². The zero-order chi connectivity index (χ0) is 8.97. The van der Waals surface area contributed by atoms with Gasteiger partial charge < -0.3 is 4.74 Å². The fourth-order valence-electron chi connectivity index (χ4n) is 0.895. The first-order chi connectivity index (χ1) is 5.77. The van der Waals surface area contributed by atoms with Gasteiger partial charge in [-0.3, -0.25) is 0 Å². The molecule has 1 aromatic rings. The highest BCUT2D eigenvalue weighted by Crippen LogP contribution is 2.08. The highest BCUT2D eigenvalue weighted by molar-refractivity contribution is 7.15. The van der Waals surface area contributed by atoms with E-state index in [2.05, 4.69) is 14.0 Å². The minimum atomic E-state index is -0.287. The molecule has 0 saturated heterocycles. The summed E-state index contributed by atoms with van der Waals surface area (Å²) in [6, 6.07) is 7.37. The molecule has 0 aliphatic heterocycles. The van der Waals surface area contributed by atoms with Crippen LogP contribution in [0.3, 0.4) is 0 Å². The molecule has 0 bridgehead atoms. The molecule has 0 heterocycles. The quantitative estimate of drug-likeness (QED) is 0.515. The summed E-state index contributed by atoms with van der Waals surface area (Å²) in [7, 11) is 4.01. The summed E-state index contributed by atoms with van der Waals surface area (Å²) >= 11 is 0. The fourth-order valence-corrected chi connectivity index (χ4v) is 1.17. The number of hydrogen-bond acceptors (Lipinski definition) is 2. The summed E-state index contributed by atoms with van der Waals surface area (Å²) in [5, 5.41) is 0. The maximum atomic E-state index is 11.0. The number of hydrogen-bond donors (Lipinski definition) is 0. The van der Waals surface area contributed by atoms with Gasteiger partial charge in [-0.25, -0.2) is 4.79 Å². The first-order valence-electron chi connectivity index (χ1n) is 3.65. The zero-order valence-electron chi connectivity index (χ0n) is 6.91. The summed E-state index contributed by atoms with van der Waals surface area (Å²) < 4.78 is 4.57. The Labute approximate surface area is 74.1 Å². The molecule has 1 atom stereocenters. The van der Waals surface area contributed by atoms with Crippen molar-refractivity contribution in [2.24, 2.45) is 0 Å². The smallest absolute Gasteiger partial charge is 0.337 e. The molecule has 0 aromatic heterocycles. The maximum Gasteiger partial charge on any atom is 0.337 e. The van der Waals surface area contributed by atoms with E-state index in [1.54, 1.807) is 12.1 Å². The maximum absolute atomic E-state index is 11.0. The van der Waals surface area contributed by atoms with Crippen molar-refractivity contribution in [3.05, 3.63) is 35.4 Å². The van der Waals surface area contributed by atoms with Crippen LogP contribution in [-0.2, 0) is 10.9 Å². The third kappa shape index (κ3) is 2.05. The number of methoxy groups -OCH3 is 1. The summed E-state index contributed by atoms with van der Waals surface area (Å²) in [6.07, 6.45) is 0.904. The van der Waals surface area contributed by atoms with Crippen LogP contribution < -0.4 is 0 Å². The van der Waals surface area contributed by atoms with Gasteiger partial charge in [0, 0.05) is 0 Å². The van der Waals surface area contributed by atoms with Gasteiger partial charge in [0.05, 0.1) is 12.7 Å². The van der Waals surface area contributed by atoms with Crippen LogP contribution in [0, 0.1) is 0 Å². The number of benzene rings is 1. The Bertz CT molecular complexity index is 266. The third-order valence-electron chi connectivity index (χ3n) is 1.61. The van der Waals surface area contributed by atoms with E-state index in [1.165, 1.54) is 12.7 Å². The predicted octanol–water partition coefficient (Wildman–Crippen LogP) is 1.85. The van der Waals surface area contributed by atoms with Crippen LogP contribution in [0.25, 0.3) is 0 Å². The Morgan fingerprint density at radius 3 is 2.42 bits per heavy atom. The number of carbonyl (C=O) groups excluding carboxylic acids is 1. The molecular weight excluding hydrogens is 171 g/mol. The standard InChI is InChI=1S/C9H11O2P/c1-11-9(10)8-4-2-7(6-12)3-5-8/h2-5H,6,12H2,1H3. The van der Waals surface area contributed by atoms with Gasteiger partial charge in [-0.05, 0) is 23.9 Å². The molecule has 1 unspecified atom stereocenters. The largest absolute Gasteiger partial charge is 0.465 e. The first-order valence-corrected chi connectivity index (χ1v) is 4.47. The Morgan fingerprint density at radius 2 is 2.00 bits per heavy atom. The van der Waals surface area contributed by atoms with Crippen LogP contribution in [-0.4, -0.2) is 13.1 Å². The molecular formula is C9H11O2P. The Hall–Kier alpha value is -0.880. The number of rotatable bonds is 2. The second kappa shape index (κ2) is 4.22. The van der Waals surface area contributed by atoms with Crippen LogP contribution in [0.15, 0.2) is 24.3 Å². The van der Waals surface area contributed by atoms with E-state index in [0.717, 1.165) is 6.16 Å². The van der Waals surface area contributed by atoms with Crippen LogP contribution in [0.1, 0.15) is 15.9 Å². The molecule has 0 amide bonds. The minimum Gasteiger partial charge on any atom is -0.465 e. The lowest BCUT2D eigenvalue weighted by Crippen LogP contribution is -2.00. The lowest BCUT2D eigenvalue weighted by molar-refractivity contribution is 0.0601. The van der Waals surface area contributed by atoms with Crippen molar-refractivity contribution < 1.29 is 9.53 Å². The number of ether oxygens (including phenoxy) is 1. The SMILES string of the molecule is COC(=O)c1ccc(CP)cc1. The van der Waals surface area contributed by atoms with Gasteiger partial charge >= 0.3 is 5.97 Å². The fraction of sp³-hybridized carbons (Fsp3) is 0.222. The molecule has 0 aliphatic carbocycles. The van der Waals surface area contributed by atoms with Gasteiger partial charge in [-0.1, -0.05) is 12.1 Å². The first kappa shape index (κ1) is 9.21. The molecule has 0 N–H and O–H groups in total. The Kier molecular flexibility index (Phi) is 3.24. The third-order valence-corrected chi connectivity index (χ3v) is 2.08. The van der Waals surface area contributed by atoms with Crippen molar-refractivity contribution in [3.8, 4) is 0 Å². The summed E-state index contributed by atoms with van der Waals surface area (Å²) in [5.41, 5.74) is 1.78. The van der Waals surface area contributed by atoms with Crippen molar-refractivity contribution >= 4 is 15.2 Å². The molecule has 64 valence electrons. The Morgan fingerprint density at radius 1 is 1.42 bits per heavy atom. The monoisotopic (exact) mass is 182 g/mol. The second-order valence-corrected chi connectivity index (χ2v) is 2.80. The second-order valence-electron chi connectivity index (χ2n) is 2.39. The molecule has 2 nitrogen and oxygen atoms in total. The van der Waals surface area contributed by atoms with Crippen molar-refractivity contribution in [2.75, 3.05) is 7.11 Å². The van der Waals surface area contributed by atoms with Crippen LogP contribution in [0.5, 0.6) is 0 Å². The molecule has 0 spiro atoms. The van der Waals surface area contributed by atoms with Gasteiger partial charge in [-0.2, -0.15) is 0 Å². The van der Waals surface area contributed by atoms with Gasteiger partial charge in [-0.15, -0.1) is 9.24 Å². The summed E-state index contributed by atoms with van der Waals surface area (Å²) in [5.74, 6) is -0.287. The predicted molar refractivity (Wildman–Crippen MR) is 51.2 cm³/mol. The van der Waals surface area contributed by atoms with Gasteiger partial charge in [0.15, 0.2) is 0 Å². The molecule has 0 fully saturated rings. The van der Waals surface area contributed by atoms with E-state index in [0.29, 0.717) is 5.56 Å². The molecule has 0 saturated carbocycles. The molecule has 1 aromatic carbocycles. The average Bonchev–Trinajstić information content (AvgIpc) is 2.17. The van der Waals surface area contributed by atoms with E-state index in [-0.39, 0.29) is 5.97 Å². The molecule has 0 radical (unpaired) electrons. The lowest BCUT2D eigenvalue weighted by Gasteiger charge is -1.99. The Balaban J connectivity index is 2.84. The summed E-state index contributed by atoms with van der Waals surface area (Å²) in [4.78, 5) is 11.0. The van der Waals surface area contributed by atoms with Crippen LogP contribution in [0.4, 0.5) is 0 Å². The molecule has 0 aliphatic rings. The highest BCUT2D eigenvalue weighted by Gasteiger charge is 2.02. The van der Waals surface area contributed by atoms with Crippen LogP contribution in [0.2, 0.25) is 0 Å². The van der Waals surface area contributed by atoms with Crippen molar-refractivity contribution in [3.63, 3.8) is 0 Å².